The fraction of sp³-hybridized carbons (Fsp3) is 0.438. The van der Waals surface area contributed by atoms with E-state index in [2.05, 4.69) is 4.90 Å². The van der Waals surface area contributed by atoms with E-state index in [1.165, 1.54) is 12.1 Å². The molecular weight excluding hydrogens is 257 g/mol. The zero-order valence-electron chi connectivity index (χ0n) is 11.9. The molecule has 1 aliphatic rings. The second-order valence-corrected chi connectivity index (χ2v) is 5.58. The van der Waals surface area contributed by atoms with Gasteiger partial charge in [-0.25, -0.2) is 9.18 Å². The molecule has 1 aromatic carbocycles. The van der Waals surface area contributed by atoms with Gasteiger partial charge in [-0.2, -0.15) is 0 Å². The molecule has 1 N–H and O–H groups in total. The predicted octanol–water partition coefficient (Wildman–Crippen LogP) is 3.17. The van der Waals surface area contributed by atoms with Gasteiger partial charge in [0, 0.05) is 11.6 Å². The van der Waals surface area contributed by atoms with Crippen LogP contribution in [0.4, 0.5) is 4.39 Å². The zero-order chi connectivity index (χ0) is 14.8. The first kappa shape index (κ1) is 14.7. The second-order valence-electron chi connectivity index (χ2n) is 5.58. The Labute approximate surface area is 118 Å². The number of carboxylic acids is 1. The maximum atomic E-state index is 13.5. The van der Waals surface area contributed by atoms with Crippen LogP contribution in [0.25, 0.3) is 0 Å². The minimum absolute atomic E-state index is 0.210. The van der Waals surface area contributed by atoms with Crippen molar-refractivity contribution in [1.29, 1.82) is 0 Å². The Morgan fingerprint density at radius 1 is 1.35 bits per heavy atom. The van der Waals surface area contributed by atoms with Gasteiger partial charge in [-0.05, 0) is 57.5 Å². The van der Waals surface area contributed by atoms with E-state index in [9.17, 15) is 9.18 Å². The highest BCUT2D eigenvalue weighted by molar-refractivity contribution is 5.80. The summed E-state index contributed by atoms with van der Waals surface area (Å²) in [5, 5.41) is 8.82. The fourth-order valence-electron chi connectivity index (χ4n) is 3.08. The van der Waals surface area contributed by atoms with Crippen LogP contribution in [0.1, 0.15) is 31.2 Å². The van der Waals surface area contributed by atoms with E-state index in [-0.39, 0.29) is 11.4 Å². The maximum absolute atomic E-state index is 13.5. The van der Waals surface area contributed by atoms with Crippen LogP contribution in [0.5, 0.6) is 0 Å². The number of aliphatic carboxylic acids is 1. The zero-order valence-corrected chi connectivity index (χ0v) is 11.9. The van der Waals surface area contributed by atoms with Crippen LogP contribution in [-0.4, -0.2) is 30.1 Å². The standard InChI is InChI=1S/C16H20FNO2/c1-18(2)16(13-4-3-5-14(17)11-13)8-6-12(7-9-16)10-15(19)20/h3-5,10-11H,6-9H2,1-2H3,(H,19,20). The van der Waals surface area contributed by atoms with Crippen molar-refractivity contribution in [3.05, 3.63) is 47.3 Å². The van der Waals surface area contributed by atoms with Crippen molar-refractivity contribution < 1.29 is 14.3 Å². The number of hydrogen-bond donors (Lipinski definition) is 1. The molecule has 0 aliphatic heterocycles. The highest BCUT2D eigenvalue weighted by atomic mass is 19.1. The molecule has 108 valence electrons. The first-order valence-corrected chi connectivity index (χ1v) is 6.80. The molecule has 2 rings (SSSR count). The fourth-order valence-corrected chi connectivity index (χ4v) is 3.08. The number of rotatable bonds is 3. The van der Waals surface area contributed by atoms with Gasteiger partial charge in [0.25, 0.3) is 0 Å². The Morgan fingerprint density at radius 2 is 2.00 bits per heavy atom. The summed E-state index contributed by atoms with van der Waals surface area (Å²) in [5.74, 6) is -1.11. The van der Waals surface area contributed by atoms with Crippen molar-refractivity contribution in [2.45, 2.75) is 31.2 Å². The van der Waals surface area contributed by atoms with E-state index in [1.807, 2.05) is 20.2 Å². The molecule has 0 radical (unpaired) electrons. The Balaban J connectivity index is 2.28. The number of allylic oxidation sites excluding steroid dienone is 1. The van der Waals surface area contributed by atoms with Crippen molar-refractivity contribution in [1.82, 2.24) is 4.90 Å². The molecule has 20 heavy (non-hydrogen) atoms. The third-order valence-electron chi connectivity index (χ3n) is 4.27. The van der Waals surface area contributed by atoms with Crippen LogP contribution in [0, 0.1) is 5.82 Å². The Kier molecular flexibility index (Phi) is 4.23. The molecule has 0 bridgehead atoms. The molecule has 0 unspecified atom stereocenters. The smallest absolute Gasteiger partial charge is 0.328 e. The van der Waals surface area contributed by atoms with E-state index in [1.54, 1.807) is 12.1 Å². The minimum Gasteiger partial charge on any atom is -0.478 e. The molecule has 0 atom stereocenters. The van der Waals surface area contributed by atoms with Gasteiger partial charge in [0.05, 0.1) is 0 Å². The lowest BCUT2D eigenvalue weighted by molar-refractivity contribution is -0.131. The molecule has 1 saturated carbocycles. The summed E-state index contributed by atoms with van der Waals surface area (Å²) < 4.78 is 13.5. The number of halogens is 1. The SMILES string of the molecule is CN(C)C1(c2cccc(F)c2)CCC(=CC(=O)O)CC1. The van der Waals surface area contributed by atoms with E-state index in [0.717, 1.165) is 36.8 Å². The van der Waals surface area contributed by atoms with E-state index in [0.29, 0.717) is 0 Å². The van der Waals surface area contributed by atoms with Gasteiger partial charge in [-0.3, -0.25) is 4.90 Å². The lowest BCUT2D eigenvalue weighted by Crippen LogP contribution is -2.43. The Morgan fingerprint density at radius 3 is 2.50 bits per heavy atom. The molecule has 0 heterocycles. The average Bonchev–Trinajstić information content (AvgIpc) is 2.38. The van der Waals surface area contributed by atoms with Gasteiger partial charge in [-0.1, -0.05) is 17.7 Å². The summed E-state index contributed by atoms with van der Waals surface area (Å²) in [7, 11) is 3.99. The number of benzene rings is 1. The van der Waals surface area contributed by atoms with Gasteiger partial charge in [0.15, 0.2) is 0 Å². The third-order valence-corrected chi connectivity index (χ3v) is 4.27. The van der Waals surface area contributed by atoms with Crippen LogP contribution >= 0.6 is 0 Å². The number of nitrogens with zero attached hydrogens (tertiary/aromatic N) is 1. The van der Waals surface area contributed by atoms with E-state index < -0.39 is 5.97 Å². The number of hydrogen-bond acceptors (Lipinski definition) is 2. The van der Waals surface area contributed by atoms with Crippen LogP contribution in [-0.2, 0) is 10.3 Å². The van der Waals surface area contributed by atoms with Gasteiger partial charge >= 0.3 is 5.97 Å². The van der Waals surface area contributed by atoms with Crippen molar-refractivity contribution in [3.63, 3.8) is 0 Å². The van der Waals surface area contributed by atoms with Crippen molar-refractivity contribution in [2.24, 2.45) is 0 Å². The quantitative estimate of drug-likeness (QED) is 0.863. The molecule has 1 aromatic rings. The molecule has 1 aliphatic carbocycles. The first-order valence-electron chi connectivity index (χ1n) is 6.80. The Bertz CT molecular complexity index is 527. The van der Waals surface area contributed by atoms with Crippen molar-refractivity contribution >= 4 is 5.97 Å². The van der Waals surface area contributed by atoms with Gasteiger partial charge in [0.1, 0.15) is 5.82 Å². The molecule has 0 aromatic heterocycles. The number of carbonyl (C=O) groups is 1. The lowest BCUT2D eigenvalue weighted by atomic mass is 9.74. The highest BCUT2D eigenvalue weighted by Crippen LogP contribution is 2.42. The van der Waals surface area contributed by atoms with Crippen LogP contribution in [0.15, 0.2) is 35.9 Å². The van der Waals surface area contributed by atoms with E-state index >= 15 is 0 Å². The predicted molar refractivity (Wildman–Crippen MR) is 76.0 cm³/mol. The van der Waals surface area contributed by atoms with E-state index in [4.69, 9.17) is 5.11 Å². The molecule has 0 spiro atoms. The summed E-state index contributed by atoms with van der Waals surface area (Å²) in [6.07, 6.45) is 4.40. The summed E-state index contributed by atoms with van der Waals surface area (Å²) >= 11 is 0. The molecule has 1 fully saturated rings. The van der Waals surface area contributed by atoms with Crippen molar-refractivity contribution in [2.75, 3.05) is 14.1 Å². The third kappa shape index (κ3) is 2.90. The van der Waals surface area contributed by atoms with Crippen LogP contribution in [0.3, 0.4) is 0 Å². The molecule has 0 saturated heterocycles. The second kappa shape index (κ2) is 5.75. The van der Waals surface area contributed by atoms with Crippen LogP contribution in [0.2, 0.25) is 0 Å². The Hall–Kier alpha value is -1.68. The summed E-state index contributed by atoms with van der Waals surface area (Å²) in [6.45, 7) is 0. The monoisotopic (exact) mass is 277 g/mol. The largest absolute Gasteiger partial charge is 0.478 e. The molecule has 3 nitrogen and oxygen atoms in total. The summed E-state index contributed by atoms with van der Waals surface area (Å²) in [5.41, 5.74) is 1.72. The summed E-state index contributed by atoms with van der Waals surface area (Å²) in [4.78, 5) is 12.9. The minimum atomic E-state index is -0.886. The first-order chi connectivity index (χ1) is 9.44. The van der Waals surface area contributed by atoms with Gasteiger partial charge < -0.3 is 5.11 Å². The molecular formula is C16H20FNO2. The summed E-state index contributed by atoms with van der Waals surface area (Å²) in [6, 6.07) is 6.73. The number of carboxylic acid groups (broad SMARTS) is 1. The van der Waals surface area contributed by atoms with Crippen LogP contribution < -0.4 is 0 Å². The maximum Gasteiger partial charge on any atom is 0.328 e. The lowest BCUT2D eigenvalue weighted by Gasteiger charge is -2.44. The van der Waals surface area contributed by atoms with Gasteiger partial charge in [0.2, 0.25) is 0 Å². The van der Waals surface area contributed by atoms with Gasteiger partial charge in [-0.15, -0.1) is 0 Å². The topological polar surface area (TPSA) is 40.5 Å². The molecule has 0 amide bonds. The average molecular weight is 277 g/mol. The molecule has 4 heteroatoms. The highest BCUT2D eigenvalue weighted by Gasteiger charge is 2.37. The normalized spacial score (nSPS) is 22.9. The van der Waals surface area contributed by atoms with Crippen molar-refractivity contribution in [3.8, 4) is 0 Å².